The Morgan fingerprint density at radius 1 is 1.42 bits per heavy atom. The molecule has 0 aliphatic heterocycles. The number of hydrogen-bond acceptors (Lipinski definition) is 3. The highest BCUT2D eigenvalue weighted by Gasteiger charge is 2.19. The fraction of sp³-hybridized carbons (Fsp3) is 0.462. The van der Waals surface area contributed by atoms with Crippen LogP contribution in [0.4, 0.5) is 4.39 Å². The molecule has 0 saturated heterocycles. The summed E-state index contributed by atoms with van der Waals surface area (Å²) in [5.74, 6) is -0.844. The van der Waals surface area contributed by atoms with Crippen molar-refractivity contribution >= 4 is 17.5 Å². The molecule has 0 aromatic heterocycles. The number of methoxy groups -OCH3 is 2. The lowest BCUT2D eigenvalue weighted by atomic mass is 10.1. The summed E-state index contributed by atoms with van der Waals surface area (Å²) in [7, 11) is 2.95. The highest BCUT2D eigenvalue weighted by molar-refractivity contribution is 6.31. The first kappa shape index (κ1) is 15.9. The van der Waals surface area contributed by atoms with Crippen molar-refractivity contribution in [3.63, 3.8) is 0 Å². The van der Waals surface area contributed by atoms with Gasteiger partial charge in [0.15, 0.2) is 6.29 Å². The van der Waals surface area contributed by atoms with Gasteiger partial charge in [-0.1, -0.05) is 17.7 Å². The Labute approximate surface area is 116 Å². The number of rotatable bonds is 6. The number of halogens is 2. The molecule has 0 aliphatic rings. The summed E-state index contributed by atoms with van der Waals surface area (Å²) in [6.45, 7) is 1.73. The van der Waals surface area contributed by atoms with Gasteiger partial charge in [0.1, 0.15) is 5.82 Å². The van der Waals surface area contributed by atoms with Gasteiger partial charge in [0.25, 0.3) is 0 Å². The van der Waals surface area contributed by atoms with E-state index in [4.69, 9.17) is 21.1 Å². The Kier molecular flexibility index (Phi) is 6.21. The summed E-state index contributed by atoms with van der Waals surface area (Å²) in [4.78, 5) is 11.8. The van der Waals surface area contributed by atoms with Crippen molar-refractivity contribution in [1.29, 1.82) is 0 Å². The van der Waals surface area contributed by atoms with Crippen LogP contribution in [-0.4, -0.2) is 32.5 Å². The van der Waals surface area contributed by atoms with E-state index in [1.807, 2.05) is 0 Å². The zero-order chi connectivity index (χ0) is 14.4. The van der Waals surface area contributed by atoms with Gasteiger partial charge < -0.3 is 14.8 Å². The quantitative estimate of drug-likeness (QED) is 0.816. The highest BCUT2D eigenvalue weighted by atomic mass is 35.5. The Morgan fingerprint density at radius 3 is 2.58 bits per heavy atom. The monoisotopic (exact) mass is 289 g/mol. The molecule has 1 atom stereocenters. The lowest BCUT2D eigenvalue weighted by molar-refractivity contribution is -0.135. The third-order valence-electron chi connectivity index (χ3n) is 2.66. The summed E-state index contributed by atoms with van der Waals surface area (Å²) >= 11 is 5.86. The Morgan fingerprint density at radius 2 is 2.05 bits per heavy atom. The molecule has 0 heterocycles. The molecule has 1 amide bonds. The summed E-state index contributed by atoms with van der Waals surface area (Å²) in [6.07, 6.45) is -0.684. The van der Waals surface area contributed by atoms with E-state index < -0.39 is 12.1 Å². The van der Waals surface area contributed by atoms with Crippen molar-refractivity contribution in [1.82, 2.24) is 5.32 Å². The minimum Gasteiger partial charge on any atom is -0.354 e. The molecule has 4 nitrogen and oxygen atoms in total. The fourth-order valence-corrected chi connectivity index (χ4v) is 1.97. The van der Waals surface area contributed by atoms with Gasteiger partial charge in [-0.2, -0.15) is 0 Å². The largest absolute Gasteiger partial charge is 0.354 e. The first-order chi connectivity index (χ1) is 8.99. The Bertz CT molecular complexity index is 418. The molecular weight excluding hydrogens is 273 g/mol. The lowest BCUT2D eigenvalue weighted by Gasteiger charge is -2.22. The average Bonchev–Trinajstić information content (AvgIpc) is 2.35. The maximum absolute atomic E-state index is 13.5. The topological polar surface area (TPSA) is 47.6 Å². The van der Waals surface area contributed by atoms with Gasteiger partial charge in [-0.25, -0.2) is 4.39 Å². The van der Waals surface area contributed by atoms with Gasteiger partial charge >= 0.3 is 0 Å². The third kappa shape index (κ3) is 4.45. The molecule has 0 spiro atoms. The van der Waals surface area contributed by atoms with Crippen molar-refractivity contribution in [3.05, 3.63) is 34.6 Å². The van der Waals surface area contributed by atoms with E-state index in [0.29, 0.717) is 0 Å². The van der Waals surface area contributed by atoms with Crippen molar-refractivity contribution in [2.24, 2.45) is 0 Å². The first-order valence-electron chi connectivity index (χ1n) is 5.77. The minimum atomic E-state index is -0.556. The van der Waals surface area contributed by atoms with Crippen molar-refractivity contribution in [2.45, 2.75) is 25.7 Å². The molecule has 0 aliphatic carbocycles. The summed E-state index contributed by atoms with van der Waals surface area (Å²) in [5, 5.41) is 2.90. The minimum absolute atomic E-state index is 0.129. The number of benzene rings is 1. The maximum atomic E-state index is 13.5. The van der Waals surface area contributed by atoms with Crippen LogP contribution in [0.5, 0.6) is 0 Å². The fourth-order valence-electron chi connectivity index (χ4n) is 1.74. The number of carbonyl (C=O) groups excluding carboxylic acids is 1. The van der Waals surface area contributed by atoms with Crippen LogP contribution in [0.3, 0.4) is 0 Å². The molecular formula is C13H17ClFNO3. The number of amides is 1. The Balaban J connectivity index is 2.65. The normalized spacial score (nSPS) is 12.5. The van der Waals surface area contributed by atoms with Crippen LogP contribution >= 0.6 is 11.6 Å². The van der Waals surface area contributed by atoms with E-state index in [1.165, 1.54) is 26.4 Å². The number of hydrogen-bond donors (Lipinski definition) is 1. The molecule has 1 unspecified atom stereocenters. The van der Waals surface area contributed by atoms with Crippen LogP contribution in [-0.2, 0) is 20.7 Å². The van der Waals surface area contributed by atoms with Gasteiger partial charge in [-0.3, -0.25) is 4.79 Å². The molecule has 0 bridgehead atoms. The van der Waals surface area contributed by atoms with Crippen LogP contribution in [0.1, 0.15) is 12.5 Å². The maximum Gasteiger partial charge on any atom is 0.224 e. The second kappa shape index (κ2) is 7.43. The van der Waals surface area contributed by atoms with E-state index in [2.05, 4.69) is 5.32 Å². The van der Waals surface area contributed by atoms with Crippen LogP contribution in [0, 0.1) is 5.82 Å². The summed E-state index contributed by atoms with van der Waals surface area (Å²) in [6, 6.07) is 3.95. The van der Waals surface area contributed by atoms with E-state index in [1.54, 1.807) is 13.0 Å². The molecule has 1 N–H and O–H groups in total. The molecule has 6 heteroatoms. The third-order valence-corrected chi connectivity index (χ3v) is 3.01. The SMILES string of the molecule is COC(OC)C(C)NC(=O)Cc1c(F)cccc1Cl. The first-order valence-corrected chi connectivity index (χ1v) is 6.15. The number of carbonyl (C=O) groups is 1. The molecule has 0 saturated carbocycles. The molecule has 1 rings (SSSR count). The average molecular weight is 290 g/mol. The highest BCUT2D eigenvalue weighted by Crippen LogP contribution is 2.19. The number of ether oxygens (including phenoxy) is 2. The molecule has 19 heavy (non-hydrogen) atoms. The smallest absolute Gasteiger partial charge is 0.224 e. The van der Waals surface area contributed by atoms with E-state index in [0.717, 1.165) is 0 Å². The number of nitrogens with one attached hydrogen (secondary N) is 1. The van der Waals surface area contributed by atoms with Gasteiger partial charge in [0, 0.05) is 24.8 Å². The lowest BCUT2D eigenvalue weighted by Crippen LogP contribution is -2.43. The van der Waals surface area contributed by atoms with Crippen molar-refractivity contribution in [3.8, 4) is 0 Å². The van der Waals surface area contributed by atoms with Crippen molar-refractivity contribution in [2.75, 3.05) is 14.2 Å². The second-order valence-electron chi connectivity index (χ2n) is 4.07. The van der Waals surface area contributed by atoms with Gasteiger partial charge in [0.2, 0.25) is 5.91 Å². The molecule has 0 radical (unpaired) electrons. The van der Waals surface area contributed by atoms with Gasteiger partial charge in [-0.05, 0) is 19.1 Å². The van der Waals surface area contributed by atoms with Crippen LogP contribution in [0.15, 0.2) is 18.2 Å². The zero-order valence-corrected chi connectivity index (χ0v) is 11.8. The molecule has 1 aromatic carbocycles. The zero-order valence-electron chi connectivity index (χ0n) is 11.1. The van der Waals surface area contributed by atoms with Crippen molar-refractivity contribution < 1.29 is 18.7 Å². The predicted octanol–water partition coefficient (Wildman–Crippen LogP) is 2.15. The standard InChI is InChI=1S/C13H17ClFNO3/c1-8(13(18-2)19-3)16-12(17)7-9-10(14)5-4-6-11(9)15/h4-6,8,13H,7H2,1-3H3,(H,16,17). The van der Waals surface area contributed by atoms with Crippen LogP contribution < -0.4 is 5.32 Å². The summed E-state index contributed by atoms with van der Waals surface area (Å²) in [5.41, 5.74) is 0.181. The predicted molar refractivity (Wildman–Crippen MR) is 70.5 cm³/mol. The molecule has 1 aromatic rings. The Hall–Kier alpha value is -1.17. The van der Waals surface area contributed by atoms with E-state index in [-0.39, 0.29) is 29.0 Å². The van der Waals surface area contributed by atoms with Gasteiger partial charge in [-0.15, -0.1) is 0 Å². The molecule has 0 fully saturated rings. The molecule has 106 valence electrons. The van der Waals surface area contributed by atoms with Gasteiger partial charge in [0.05, 0.1) is 12.5 Å². The van der Waals surface area contributed by atoms with Crippen LogP contribution in [0.2, 0.25) is 5.02 Å². The van der Waals surface area contributed by atoms with E-state index >= 15 is 0 Å². The second-order valence-corrected chi connectivity index (χ2v) is 4.48. The summed E-state index contributed by atoms with van der Waals surface area (Å²) < 4.78 is 23.6. The van der Waals surface area contributed by atoms with Crippen LogP contribution in [0.25, 0.3) is 0 Å². The van der Waals surface area contributed by atoms with E-state index in [9.17, 15) is 9.18 Å².